The normalized spacial score (nSPS) is 31.2. The minimum atomic E-state index is -1.71. The molecule has 1 aromatic carbocycles. The predicted octanol–water partition coefficient (Wildman–Crippen LogP) is 5.07. The van der Waals surface area contributed by atoms with E-state index in [9.17, 15) is 29.8 Å². The average molecular weight is 792 g/mol. The first-order valence-electron chi connectivity index (χ1n) is 18.6. The van der Waals surface area contributed by atoms with Gasteiger partial charge in [0.15, 0.2) is 37.2 Å². The maximum Gasteiger partial charge on any atom is 0.311 e. The second-order valence-corrected chi connectivity index (χ2v) is 18.3. The number of azide groups is 1. The van der Waals surface area contributed by atoms with Gasteiger partial charge in [-0.3, -0.25) is 19.2 Å². The van der Waals surface area contributed by atoms with Gasteiger partial charge in [-0.05, 0) is 88.6 Å². The summed E-state index contributed by atoms with van der Waals surface area (Å²) in [5, 5.41) is 14.9. The molecule has 3 aliphatic rings. The minimum absolute atomic E-state index is 0.0693. The van der Waals surface area contributed by atoms with Crippen LogP contribution in [0.5, 0.6) is 0 Å². The highest BCUT2D eigenvalue weighted by molar-refractivity contribution is 5.78. The van der Waals surface area contributed by atoms with Crippen molar-refractivity contribution in [1.29, 1.82) is 0 Å². The molecule has 312 valence electrons. The Balaban J connectivity index is 1.88. The molecule has 17 nitrogen and oxygen atoms in total. The van der Waals surface area contributed by atoms with Crippen molar-refractivity contribution in [2.24, 2.45) is 26.8 Å². The topological polar surface area (TPSA) is 220 Å². The maximum atomic E-state index is 13.7. The Kier molecular flexibility index (Phi) is 13.9. The third-order valence-electron chi connectivity index (χ3n) is 9.02. The Bertz CT molecular complexity index is 1610. The van der Waals surface area contributed by atoms with Crippen LogP contribution in [0.25, 0.3) is 10.4 Å². The lowest BCUT2D eigenvalue weighted by Gasteiger charge is -2.50. The quantitative estimate of drug-likeness (QED) is 0.114. The molecular weight excluding hydrogens is 734 g/mol. The highest BCUT2D eigenvalue weighted by atomic mass is 16.8. The van der Waals surface area contributed by atoms with Crippen LogP contribution in [0, 0.1) is 21.7 Å². The summed E-state index contributed by atoms with van der Waals surface area (Å²) in [5.41, 5.74) is 6.02. The van der Waals surface area contributed by atoms with Crippen LogP contribution >= 0.6 is 0 Å². The van der Waals surface area contributed by atoms with E-state index in [2.05, 4.69) is 10.0 Å². The van der Waals surface area contributed by atoms with Crippen LogP contribution in [0.4, 0.5) is 0 Å². The molecule has 4 rings (SSSR count). The van der Waals surface area contributed by atoms with Gasteiger partial charge in [-0.15, -0.1) is 0 Å². The van der Waals surface area contributed by atoms with E-state index in [4.69, 9.17) is 42.6 Å². The molecule has 0 saturated carbocycles. The number of hydrogen-bond acceptors (Lipinski definition) is 15. The third-order valence-corrected chi connectivity index (χ3v) is 9.02. The lowest BCUT2D eigenvalue weighted by molar-refractivity contribution is -0.373. The second kappa shape index (κ2) is 17.3. The molecule has 0 amide bonds. The molecule has 11 atom stereocenters. The highest BCUT2D eigenvalue weighted by Crippen LogP contribution is 2.40. The number of aliphatic hydroxyl groups excluding tert-OH is 1. The summed E-state index contributed by atoms with van der Waals surface area (Å²) in [6.45, 7) is 18.8. The van der Waals surface area contributed by atoms with Gasteiger partial charge in [0.2, 0.25) is 0 Å². The third kappa shape index (κ3) is 11.0. The standard InChI is InChI=1S/C39H57N3O14/c1-36(2,3)32(44)49-19-22-25(54-33(45)37(4,5)6)27(55-34(46)38(7,8)9)28(56-35(47)39(10,11)12)31(51-22)53-26-23(41-42-40)29(43)50-21-18-48-30(52-24(21)26)20-16-14-13-15-17-20/h13-17,21-31,43H,18-19H2,1-12H3/t21-,22-,23-,24-,25+,26-,27+,28-,29?,30-,31+/m1/s1. The Hall–Kier alpha value is -3.83. The molecule has 3 heterocycles. The van der Waals surface area contributed by atoms with E-state index < -0.39 is 120 Å². The summed E-state index contributed by atoms with van der Waals surface area (Å²) < 4.78 is 55.0. The van der Waals surface area contributed by atoms with Gasteiger partial charge in [0, 0.05) is 10.5 Å². The first kappa shape index (κ1) is 44.9. The van der Waals surface area contributed by atoms with E-state index in [0.29, 0.717) is 5.56 Å². The number of carbonyl (C=O) groups excluding carboxylic acids is 4. The fourth-order valence-electron chi connectivity index (χ4n) is 5.65. The Labute approximate surface area is 327 Å². The molecule has 0 aliphatic carbocycles. The van der Waals surface area contributed by atoms with Crippen LogP contribution in [0.1, 0.15) is 94.9 Å². The first-order valence-corrected chi connectivity index (χ1v) is 18.6. The molecule has 1 aromatic rings. The molecule has 3 fully saturated rings. The van der Waals surface area contributed by atoms with E-state index in [1.165, 1.54) is 0 Å². The molecule has 0 radical (unpaired) electrons. The Morgan fingerprint density at radius 2 is 1.25 bits per heavy atom. The summed E-state index contributed by atoms with van der Waals surface area (Å²) in [7, 11) is 0. The zero-order valence-corrected chi connectivity index (χ0v) is 34.2. The summed E-state index contributed by atoms with van der Waals surface area (Å²) in [6.07, 6.45) is -13.9. The monoisotopic (exact) mass is 791 g/mol. The summed E-state index contributed by atoms with van der Waals surface area (Å²) >= 11 is 0. The lowest BCUT2D eigenvalue weighted by Crippen LogP contribution is -2.67. The van der Waals surface area contributed by atoms with Gasteiger partial charge < -0.3 is 47.7 Å². The van der Waals surface area contributed by atoms with E-state index in [-0.39, 0.29) is 6.61 Å². The molecule has 0 bridgehead atoms. The molecule has 3 saturated heterocycles. The summed E-state index contributed by atoms with van der Waals surface area (Å²) in [4.78, 5) is 57.0. The van der Waals surface area contributed by atoms with Crippen LogP contribution in [0.3, 0.4) is 0 Å². The number of nitrogens with zero attached hydrogens (tertiary/aromatic N) is 3. The van der Waals surface area contributed by atoms with E-state index >= 15 is 0 Å². The van der Waals surface area contributed by atoms with Gasteiger partial charge in [0.1, 0.15) is 37.1 Å². The van der Waals surface area contributed by atoms with E-state index in [1.54, 1.807) is 107 Å². The van der Waals surface area contributed by atoms with Gasteiger partial charge in [-0.2, -0.15) is 0 Å². The van der Waals surface area contributed by atoms with Crippen molar-refractivity contribution in [3.63, 3.8) is 0 Å². The molecule has 56 heavy (non-hydrogen) atoms. The van der Waals surface area contributed by atoms with Crippen molar-refractivity contribution in [3.8, 4) is 0 Å². The number of rotatable bonds is 9. The number of benzene rings is 1. The SMILES string of the molecule is CC(C)(C)C(=O)OC[C@H]1O[C@@H](O[C@H]2[C@@H]3O[C@H](c4ccccc4)OC[C@H]3OC(O)[C@@H]2N=[N+]=[N-])[C@H](OC(=O)C(C)(C)C)[C@@H](OC(=O)C(C)(C)C)[C@H]1OC(=O)C(C)(C)C. The van der Waals surface area contributed by atoms with Gasteiger partial charge in [-0.25, -0.2) is 0 Å². The van der Waals surface area contributed by atoms with E-state index in [1.807, 2.05) is 6.07 Å². The van der Waals surface area contributed by atoms with Crippen LogP contribution in [0.2, 0.25) is 0 Å². The summed E-state index contributed by atoms with van der Waals surface area (Å²) in [6, 6.07) is 7.53. The van der Waals surface area contributed by atoms with E-state index in [0.717, 1.165) is 0 Å². The Morgan fingerprint density at radius 1 is 0.732 bits per heavy atom. The van der Waals surface area contributed by atoms with Gasteiger partial charge >= 0.3 is 23.9 Å². The fraction of sp³-hybridized carbons (Fsp3) is 0.744. The summed E-state index contributed by atoms with van der Waals surface area (Å²) in [5.74, 6) is -2.87. The van der Waals surface area contributed by atoms with Crippen LogP contribution in [-0.4, -0.2) is 104 Å². The number of ether oxygens (including phenoxy) is 9. The number of esters is 4. The van der Waals surface area contributed by atoms with Gasteiger partial charge in [0.25, 0.3) is 0 Å². The largest absolute Gasteiger partial charge is 0.462 e. The van der Waals surface area contributed by atoms with Crippen molar-refractivity contribution < 1.29 is 66.9 Å². The number of hydrogen-bond donors (Lipinski definition) is 1. The Morgan fingerprint density at radius 3 is 1.77 bits per heavy atom. The predicted molar refractivity (Wildman–Crippen MR) is 196 cm³/mol. The lowest BCUT2D eigenvalue weighted by atomic mass is 9.92. The van der Waals surface area contributed by atoms with Crippen LogP contribution in [-0.2, 0) is 61.8 Å². The van der Waals surface area contributed by atoms with Crippen molar-refractivity contribution in [1.82, 2.24) is 0 Å². The zero-order valence-electron chi connectivity index (χ0n) is 34.2. The molecule has 0 spiro atoms. The molecular formula is C39H57N3O14. The first-order chi connectivity index (χ1) is 25.8. The number of aliphatic hydroxyl groups is 1. The van der Waals surface area contributed by atoms with Crippen molar-refractivity contribution >= 4 is 23.9 Å². The second-order valence-electron chi connectivity index (χ2n) is 18.3. The molecule has 1 unspecified atom stereocenters. The highest BCUT2D eigenvalue weighted by Gasteiger charge is 2.58. The van der Waals surface area contributed by atoms with Crippen LogP contribution in [0.15, 0.2) is 35.4 Å². The molecule has 1 N–H and O–H groups in total. The van der Waals surface area contributed by atoms with Crippen molar-refractivity contribution in [2.75, 3.05) is 13.2 Å². The average Bonchev–Trinajstić information content (AvgIpc) is 3.09. The molecule has 3 aliphatic heterocycles. The van der Waals surface area contributed by atoms with Gasteiger partial charge in [-0.1, -0.05) is 35.4 Å². The molecule has 0 aromatic heterocycles. The zero-order chi connectivity index (χ0) is 42.0. The number of fused-ring (bicyclic) bond motifs is 1. The van der Waals surface area contributed by atoms with Gasteiger partial charge in [0.05, 0.1) is 28.3 Å². The van der Waals surface area contributed by atoms with Crippen molar-refractivity contribution in [3.05, 3.63) is 46.3 Å². The number of carbonyl (C=O) groups is 4. The smallest absolute Gasteiger partial charge is 0.311 e. The van der Waals surface area contributed by atoms with Crippen LogP contribution < -0.4 is 0 Å². The van der Waals surface area contributed by atoms with Crippen molar-refractivity contribution in [2.45, 2.75) is 151 Å². The minimum Gasteiger partial charge on any atom is -0.462 e. The fourth-order valence-corrected chi connectivity index (χ4v) is 5.65. The maximum absolute atomic E-state index is 13.7. The molecule has 17 heteroatoms.